The molecule has 224 valence electrons. The Balaban J connectivity index is 1.76. The third-order valence-electron chi connectivity index (χ3n) is 6.67. The highest BCUT2D eigenvalue weighted by Gasteiger charge is 2.29. The monoisotopic (exact) mass is 578 g/mol. The Morgan fingerprint density at radius 1 is 0.881 bits per heavy atom. The lowest BCUT2D eigenvalue weighted by atomic mass is 10.0. The molecule has 0 aliphatic carbocycles. The average Bonchev–Trinajstić information content (AvgIpc) is 3.36. The van der Waals surface area contributed by atoms with Gasteiger partial charge < -0.3 is 43.2 Å². The SMILES string of the molecule is CC(NC(=O)C(CCCN=C(N)N)NC(=O)C(Cc1ccccc1)NC(=O)C(N)Cc1c[nH]c2ccccc12)C(=O)O. The summed E-state index contributed by atoms with van der Waals surface area (Å²) in [4.78, 5) is 58.0. The van der Waals surface area contributed by atoms with Crippen LogP contribution < -0.4 is 33.2 Å². The van der Waals surface area contributed by atoms with Crippen LogP contribution in [-0.4, -0.2) is 70.5 Å². The summed E-state index contributed by atoms with van der Waals surface area (Å²) in [6.07, 6.45) is 2.61. The van der Waals surface area contributed by atoms with Gasteiger partial charge in [-0.25, -0.2) is 0 Å². The number of rotatable bonds is 15. The first-order valence-electron chi connectivity index (χ1n) is 13.6. The van der Waals surface area contributed by atoms with Crippen LogP contribution in [0.15, 0.2) is 65.8 Å². The van der Waals surface area contributed by atoms with Crippen LogP contribution in [0.5, 0.6) is 0 Å². The summed E-state index contributed by atoms with van der Waals surface area (Å²) in [5.74, 6) is -3.20. The normalized spacial score (nSPS) is 13.8. The molecule has 1 aromatic heterocycles. The first-order chi connectivity index (χ1) is 20.0. The molecular formula is C29H38N8O5. The molecule has 0 aliphatic rings. The number of para-hydroxylation sites is 1. The van der Waals surface area contributed by atoms with Crippen molar-refractivity contribution in [3.63, 3.8) is 0 Å². The number of nitrogens with zero attached hydrogens (tertiary/aromatic N) is 1. The fourth-order valence-electron chi connectivity index (χ4n) is 4.39. The van der Waals surface area contributed by atoms with Crippen molar-refractivity contribution in [1.29, 1.82) is 0 Å². The van der Waals surface area contributed by atoms with Gasteiger partial charge in [0.25, 0.3) is 0 Å². The Labute approximate surface area is 243 Å². The molecule has 2 aromatic carbocycles. The van der Waals surface area contributed by atoms with Gasteiger partial charge in [0.15, 0.2) is 5.96 Å². The number of carbonyl (C=O) groups excluding carboxylic acids is 3. The summed E-state index contributed by atoms with van der Waals surface area (Å²) in [5.41, 5.74) is 19.6. The van der Waals surface area contributed by atoms with Gasteiger partial charge in [0.2, 0.25) is 17.7 Å². The number of amides is 3. The molecule has 3 amide bonds. The van der Waals surface area contributed by atoms with Crippen molar-refractivity contribution in [3.05, 3.63) is 71.9 Å². The minimum Gasteiger partial charge on any atom is -0.480 e. The zero-order valence-corrected chi connectivity index (χ0v) is 23.4. The van der Waals surface area contributed by atoms with E-state index in [1.165, 1.54) is 6.92 Å². The van der Waals surface area contributed by atoms with E-state index in [4.69, 9.17) is 17.2 Å². The molecule has 3 aromatic rings. The second kappa shape index (κ2) is 15.2. The Hall–Kier alpha value is -4.91. The van der Waals surface area contributed by atoms with Gasteiger partial charge in [-0.15, -0.1) is 0 Å². The summed E-state index contributed by atoms with van der Waals surface area (Å²) >= 11 is 0. The summed E-state index contributed by atoms with van der Waals surface area (Å²) in [6, 6.07) is 12.4. The van der Waals surface area contributed by atoms with Crippen LogP contribution in [0.25, 0.3) is 10.9 Å². The topological polar surface area (TPSA) is 231 Å². The van der Waals surface area contributed by atoms with Crippen LogP contribution in [0.2, 0.25) is 0 Å². The smallest absolute Gasteiger partial charge is 0.325 e. The number of aliphatic carboxylic acids is 1. The van der Waals surface area contributed by atoms with Gasteiger partial charge in [-0.3, -0.25) is 24.2 Å². The van der Waals surface area contributed by atoms with E-state index in [0.717, 1.165) is 22.0 Å². The number of nitrogens with two attached hydrogens (primary N) is 3. The van der Waals surface area contributed by atoms with E-state index < -0.39 is 47.9 Å². The highest BCUT2D eigenvalue weighted by molar-refractivity contribution is 5.94. The number of carboxylic acids is 1. The average molecular weight is 579 g/mol. The molecule has 4 atom stereocenters. The van der Waals surface area contributed by atoms with Crippen LogP contribution in [0.1, 0.15) is 30.9 Å². The quantitative estimate of drug-likeness (QED) is 0.0687. The second-order valence-corrected chi connectivity index (χ2v) is 10.00. The van der Waals surface area contributed by atoms with E-state index >= 15 is 0 Å². The van der Waals surface area contributed by atoms with E-state index in [1.807, 2.05) is 54.6 Å². The molecule has 42 heavy (non-hydrogen) atoms. The van der Waals surface area contributed by atoms with Crippen molar-refractivity contribution in [3.8, 4) is 0 Å². The summed E-state index contributed by atoms with van der Waals surface area (Å²) in [5, 5.41) is 17.9. The number of benzene rings is 2. The fraction of sp³-hybridized carbons (Fsp3) is 0.345. The molecule has 0 aliphatic heterocycles. The van der Waals surface area contributed by atoms with E-state index in [2.05, 4.69) is 25.9 Å². The maximum absolute atomic E-state index is 13.5. The molecule has 11 N–H and O–H groups in total. The van der Waals surface area contributed by atoms with Gasteiger partial charge in [-0.1, -0.05) is 48.5 Å². The van der Waals surface area contributed by atoms with Crippen molar-refractivity contribution in [1.82, 2.24) is 20.9 Å². The second-order valence-electron chi connectivity index (χ2n) is 10.00. The molecule has 3 rings (SSSR count). The molecule has 0 saturated heterocycles. The highest BCUT2D eigenvalue weighted by atomic mass is 16.4. The molecule has 13 nitrogen and oxygen atoms in total. The zero-order chi connectivity index (χ0) is 30.6. The van der Waals surface area contributed by atoms with E-state index in [-0.39, 0.29) is 31.8 Å². The van der Waals surface area contributed by atoms with Crippen molar-refractivity contribution in [2.24, 2.45) is 22.2 Å². The first-order valence-corrected chi connectivity index (χ1v) is 13.6. The number of carboxylic acid groups (broad SMARTS) is 1. The Morgan fingerprint density at radius 3 is 2.21 bits per heavy atom. The molecule has 1 heterocycles. The Kier molecular flexibility index (Phi) is 11.4. The number of nitrogens with one attached hydrogen (secondary N) is 4. The van der Waals surface area contributed by atoms with Gasteiger partial charge in [0.05, 0.1) is 6.04 Å². The maximum Gasteiger partial charge on any atom is 0.325 e. The van der Waals surface area contributed by atoms with Crippen LogP contribution >= 0.6 is 0 Å². The van der Waals surface area contributed by atoms with Gasteiger partial charge in [0.1, 0.15) is 18.1 Å². The molecular weight excluding hydrogens is 540 g/mol. The van der Waals surface area contributed by atoms with Crippen LogP contribution in [-0.2, 0) is 32.0 Å². The number of aromatic nitrogens is 1. The predicted octanol–water partition coefficient (Wildman–Crippen LogP) is -0.107. The standard InChI is InChI=1S/C29H38N8O5/c1-17(28(41)42)35-26(39)23(12-7-13-33-29(31)32)36-27(40)24(14-18-8-3-2-4-9-18)37-25(38)21(30)15-19-16-34-22-11-6-5-10-20(19)22/h2-6,8-11,16-17,21,23-24,34H,7,12-15,30H2,1H3,(H,35,39)(H,36,40)(H,37,38)(H,41,42)(H4,31,32,33). The number of carbonyl (C=O) groups is 4. The van der Waals surface area contributed by atoms with Crippen LogP contribution in [0.4, 0.5) is 0 Å². The third kappa shape index (κ3) is 9.34. The zero-order valence-electron chi connectivity index (χ0n) is 23.4. The number of H-pyrrole nitrogens is 1. The number of fused-ring (bicyclic) bond motifs is 1. The number of hydrogen-bond acceptors (Lipinski definition) is 6. The lowest BCUT2D eigenvalue weighted by Gasteiger charge is -2.25. The summed E-state index contributed by atoms with van der Waals surface area (Å²) in [6.45, 7) is 1.51. The van der Waals surface area contributed by atoms with Crippen molar-refractivity contribution >= 4 is 40.6 Å². The van der Waals surface area contributed by atoms with Crippen molar-refractivity contribution in [2.75, 3.05) is 6.54 Å². The van der Waals surface area contributed by atoms with Gasteiger partial charge in [0, 0.05) is 30.1 Å². The van der Waals surface area contributed by atoms with Gasteiger partial charge >= 0.3 is 5.97 Å². The molecule has 0 spiro atoms. The van der Waals surface area contributed by atoms with Crippen molar-refractivity contribution in [2.45, 2.75) is 56.8 Å². The highest BCUT2D eigenvalue weighted by Crippen LogP contribution is 2.19. The molecule has 0 fully saturated rings. The lowest BCUT2D eigenvalue weighted by Crippen LogP contribution is -2.57. The van der Waals surface area contributed by atoms with Crippen LogP contribution in [0.3, 0.4) is 0 Å². The van der Waals surface area contributed by atoms with E-state index in [0.29, 0.717) is 6.42 Å². The Morgan fingerprint density at radius 2 is 1.52 bits per heavy atom. The van der Waals surface area contributed by atoms with E-state index in [1.54, 1.807) is 6.20 Å². The maximum atomic E-state index is 13.5. The molecule has 0 saturated carbocycles. The number of guanidine groups is 1. The minimum atomic E-state index is -1.23. The predicted molar refractivity (Wildman–Crippen MR) is 159 cm³/mol. The van der Waals surface area contributed by atoms with Gasteiger partial charge in [-0.05, 0) is 43.4 Å². The lowest BCUT2D eigenvalue weighted by molar-refractivity contribution is -0.141. The fourth-order valence-corrected chi connectivity index (χ4v) is 4.39. The van der Waals surface area contributed by atoms with Gasteiger partial charge in [-0.2, -0.15) is 0 Å². The van der Waals surface area contributed by atoms with Crippen molar-refractivity contribution < 1.29 is 24.3 Å². The Bertz CT molecular complexity index is 1400. The molecule has 0 bridgehead atoms. The molecule has 13 heteroatoms. The largest absolute Gasteiger partial charge is 0.480 e. The summed E-state index contributed by atoms with van der Waals surface area (Å²) < 4.78 is 0. The molecule has 4 unspecified atom stereocenters. The number of hydrogen-bond donors (Lipinski definition) is 8. The first kappa shape index (κ1) is 31.6. The van der Waals surface area contributed by atoms with E-state index in [9.17, 15) is 24.3 Å². The minimum absolute atomic E-state index is 0.117. The number of aromatic amines is 1. The summed E-state index contributed by atoms with van der Waals surface area (Å²) in [7, 11) is 0. The molecule has 0 radical (unpaired) electrons. The number of aliphatic imine (C=N–C) groups is 1. The van der Waals surface area contributed by atoms with Crippen LogP contribution in [0, 0.1) is 0 Å². The third-order valence-corrected chi connectivity index (χ3v) is 6.67.